The summed E-state index contributed by atoms with van der Waals surface area (Å²) in [7, 11) is 0. The molecule has 0 rings (SSSR count). The Morgan fingerprint density at radius 2 is 1.48 bits per heavy atom. The first-order valence-electron chi connectivity index (χ1n) is 11.5. The van der Waals surface area contributed by atoms with Gasteiger partial charge in [0.25, 0.3) is 0 Å². The molecule has 0 aromatic heterocycles. The molecule has 0 aromatic rings. The Morgan fingerprint density at radius 1 is 0.852 bits per heavy atom. The Hall–Kier alpha value is -1.06. The molecule has 0 bridgehead atoms. The first kappa shape index (κ1) is 25.9. The molecule has 0 aromatic carbocycles. The summed E-state index contributed by atoms with van der Waals surface area (Å²) in [6.45, 7) is 12.5. The lowest BCUT2D eigenvalue weighted by molar-refractivity contribution is -0.145. The van der Waals surface area contributed by atoms with E-state index in [0.29, 0.717) is 25.5 Å². The second kappa shape index (κ2) is 17.1. The Kier molecular flexibility index (Phi) is 16.4. The van der Waals surface area contributed by atoms with Gasteiger partial charge in [0.2, 0.25) is 5.91 Å². The zero-order valence-corrected chi connectivity index (χ0v) is 18.7. The number of ether oxygens (including phenoxy) is 1. The van der Waals surface area contributed by atoms with Crippen molar-refractivity contribution in [1.82, 2.24) is 4.90 Å². The van der Waals surface area contributed by atoms with Gasteiger partial charge in [-0.3, -0.25) is 9.59 Å². The average molecular weight is 384 g/mol. The molecule has 0 saturated carbocycles. The van der Waals surface area contributed by atoms with Crippen LogP contribution < -0.4 is 0 Å². The van der Waals surface area contributed by atoms with Crippen molar-refractivity contribution in [2.45, 2.75) is 105 Å². The monoisotopic (exact) mass is 383 g/mol. The van der Waals surface area contributed by atoms with Gasteiger partial charge in [-0.2, -0.15) is 0 Å². The van der Waals surface area contributed by atoms with E-state index in [1.54, 1.807) is 0 Å². The van der Waals surface area contributed by atoms with Crippen LogP contribution in [-0.2, 0) is 14.3 Å². The van der Waals surface area contributed by atoms with Crippen molar-refractivity contribution in [3.05, 3.63) is 0 Å². The Morgan fingerprint density at radius 3 is 2.04 bits per heavy atom. The van der Waals surface area contributed by atoms with Gasteiger partial charge in [-0.05, 0) is 31.6 Å². The van der Waals surface area contributed by atoms with Crippen LogP contribution in [-0.4, -0.2) is 36.5 Å². The molecule has 0 aliphatic rings. The zero-order valence-electron chi connectivity index (χ0n) is 18.7. The van der Waals surface area contributed by atoms with Crippen molar-refractivity contribution in [3.63, 3.8) is 0 Å². The van der Waals surface area contributed by atoms with Gasteiger partial charge in [0.1, 0.15) is 0 Å². The van der Waals surface area contributed by atoms with Gasteiger partial charge in [0.15, 0.2) is 0 Å². The van der Waals surface area contributed by atoms with Crippen molar-refractivity contribution in [2.75, 3.05) is 19.7 Å². The number of esters is 1. The van der Waals surface area contributed by atoms with Crippen molar-refractivity contribution < 1.29 is 14.3 Å². The molecule has 1 amide bonds. The van der Waals surface area contributed by atoms with Crippen LogP contribution in [0.2, 0.25) is 0 Å². The van der Waals surface area contributed by atoms with Crippen LogP contribution in [0.15, 0.2) is 0 Å². The van der Waals surface area contributed by atoms with Gasteiger partial charge in [-0.15, -0.1) is 0 Å². The highest BCUT2D eigenvalue weighted by atomic mass is 16.5. The topological polar surface area (TPSA) is 46.6 Å². The molecule has 0 N–H and O–H groups in total. The maximum atomic E-state index is 13.2. The number of rotatable bonds is 17. The Bertz CT molecular complexity index is 384. The smallest absolute Gasteiger partial charge is 0.307 e. The van der Waals surface area contributed by atoms with E-state index in [1.165, 1.54) is 12.8 Å². The fourth-order valence-electron chi connectivity index (χ4n) is 3.36. The van der Waals surface area contributed by atoms with Crippen LogP contribution >= 0.6 is 0 Å². The number of amides is 1. The third-order valence-electron chi connectivity index (χ3n) is 5.43. The largest absolute Gasteiger partial charge is 0.466 e. The molecule has 0 spiro atoms. The number of hydrogen-bond acceptors (Lipinski definition) is 3. The molecular formula is C23H45NO3. The first-order chi connectivity index (χ1) is 13.0. The van der Waals surface area contributed by atoms with E-state index in [4.69, 9.17) is 4.74 Å². The Labute approximate surface area is 168 Å². The summed E-state index contributed by atoms with van der Waals surface area (Å²) in [5.74, 6) is 0.671. The summed E-state index contributed by atoms with van der Waals surface area (Å²) in [5.41, 5.74) is 0. The van der Waals surface area contributed by atoms with Crippen molar-refractivity contribution >= 4 is 11.9 Å². The molecule has 2 unspecified atom stereocenters. The zero-order chi connectivity index (χ0) is 20.5. The maximum Gasteiger partial charge on any atom is 0.307 e. The molecule has 0 heterocycles. The van der Waals surface area contributed by atoms with Crippen molar-refractivity contribution in [3.8, 4) is 0 Å². The lowest BCUT2D eigenvalue weighted by Crippen LogP contribution is -2.40. The van der Waals surface area contributed by atoms with E-state index in [9.17, 15) is 9.59 Å². The molecule has 0 saturated heterocycles. The summed E-state index contributed by atoms with van der Waals surface area (Å²) in [6.07, 6.45) is 10.9. The van der Waals surface area contributed by atoms with Crippen molar-refractivity contribution in [1.29, 1.82) is 0 Å². The first-order valence-corrected chi connectivity index (χ1v) is 11.5. The van der Waals surface area contributed by atoms with Crippen LogP contribution in [0.5, 0.6) is 0 Å². The number of nitrogens with zero attached hydrogens (tertiary/aromatic N) is 1. The second-order valence-corrected chi connectivity index (χ2v) is 7.77. The second-order valence-electron chi connectivity index (χ2n) is 7.77. The summed E-state index contributed by atoms with van der Waals surface area (Å²) in [4.78, 5) is 27.1. The molecular weight excluding hydrogens is 338 g/mol. The summed E-state index contributed by atoms with van der Waals surface area (Å²) >= 11 is 0. The summed E-state index contributed by atoms with van der Waals surface area (Å²) in [5, 5.41) is 0. The predicted octanol–water partition coefficient (Wildman–Crippen LogP) is 5.98. The summed E-state index contributed by atoms with van der Waals surface area (Å²) in [6, 6.07) is 0. The van der Waals surface area contributed by atoms with Crippen LogP contribution in [0.3, 0.4) is 0 Å². The highest BCUT2D eigenvalue weighted by molar-refractivity contribution is 5.79. The number of hydrogen-bond donors (Lipinski definition) is 0. The molecule has 4 nitrogen and oxygen atoms in total. The third kappa shape index (κ3) is 12.1. The molecule has 4 heteroatoms. The SMILES string of the molecule is CCCCOC(=O)CCN(CC(CC)CCCC)C(=O)C(CC)CCCC. The van der Waals surface area contributed by atoms with Crippen molar-refractivity contribution in [2.24, 2.45) is 11.8 Å². The van der Waals surface area contributed by atoms with E-state index < -0.39 is 0 Å². The van der Waals surface area contributed by atoms with Crippen LogP contribution in [0, 0.1) is 11.8 Å². The van der Waals surface area contributed by atoms with Gasteiger partial charge in [0, 0.05) is 19.0 Å². The molecule has 27 heavy (non-hydrogen) atoms. The fraction of sp³-hybridized carbons (Fsp3) is 0.913. The molecule has 160 valence electrons. The molecule has 0 aliphatic carbocycles. The highest BCUT2D eigenvalue weighted by Crippen LogP contribution is 2.20. The van der Waals surface area contributed by atoms with Crippen LogP contribution in [0.25, 0.3) is 0 Å². The minimum Gasteiger partial charge on any atom is -0.466 e. The van der Waals surface area contributed by atoms with Gasteiger partial charge in [0.05, 0.1) is 13.0 Å². The van der Waals surface area contributed by atoms with E-state index >= 15 is 0 Å². The van der Waals surface area contributed by atoms with Crippen LogP contribution in [0.4, 0.5) is 0 Å². The van der Waals surface area contributed by atoms with Crippen LogP contribution in [0.1, 0.15) is 105 Å². The molecule has 0 radical (unpaired) electrons. The third-order valence-corrected chi connectivity index (χ3v) is 5.43. The van der Waals surface area contributed by atoms with E-state index in [1.807, 2.05) is 4.90 Å². The quantitative estimate of drug-likeness (QED) is 0.229. The van der Waals surface area contributed by atoms with Gasteiger partial charge in [-0.1, -0.05) is 73.1 Å². The number of carbonyl (C=O) groups excluding carboxylic acids is 2. The highest BCUT2D eigenvalue weighted by Gasteiger charge is 2.25. The predicted molar refractivity (Wildman–Crippen MR) is 114 cm³/mol. The fourth-order valence-corrected chi connectivity index (χ4v) is 3.36. The lowest BCUT2D eigenvalue weighted by atomic mass is 9.95. The normalized spacial score (nSPS) is 13.2. The van der Waals surface area contributed by atoms with Gasteiger partial charge in [-0.25, -0.2) is 0 Å². The van der Waals surface area contributed by atoms with Gasteiger partial charge >= 0.3 is 5.97 Å². The molecule has 0 aliphatic heterocycles. The standard InChI is InChI=1S/C23H45NO3/c1-6-11-14-20(9-4)19-24(17-16-22(25)27-18-13-8-3)23(26)21(10-5)15-12-7-2/h20-21H,6-19H2,1-5H3. The maximum absolute atomic E-state index is 13.2. The molecule has 0 fully saturated rings. The average Bonchev–Trinajstić information content (AvgIpc) is 2.68. The minimum atomic E-state index is -0.176. The Balaban J connectivity index is 4.90. The minimum absolute atomic E-state index is 0.0877. The van der Waals surface area contributed by atoms with E-state index in [-0.39, 0.29) is 17.8 Å². The lowest BCUT2D eigenvalue weighted by Gasteiger charge is -2.30. The molecule has 2 atom stereocenters. The number of carbonyl (C=O) groups is 2. The van der Waals surface area contributed by atoms with Gasteiger partial charge < -0.3 is 9.64 Å². The van der Waals surface area contributed by atoms with E-state index in [2.05, 4.69) is 34.6 Å². The summed E-state index contributed by atoms with van der Waals surface area (Å²) < 4.78 is 5.28. The number of unbranched alkanes of at least 4 members (excludes halogenated alkanes) is 3. The van der Waals surface area contributed by atoms with E-state index in [0.717, 1.165) is 57.9 Å².